The van der Waals surface area contributed by atoms with Gasteiger partial charge >= 0.3 is 0 Å². The number of aliphatic hydroxyl groups excluding tert-OH is 1. The van der Waals surface area contributed by atoms with Crippen LogP contribution in [-0.4, -0.2) is 57.8 Å². The van der Waals surface area contributed by atoms with Crippen LogP contribution < -0.4 is 0 Å². The normalized spacial score (nSPS) is 21.3. The van der Waals surface area contributed by atoms with Crippen molar-refractivity contribution in [2.24, 2.45) is 0 Å². The molecular weight excluding hydrogens is 282 g/mol. The molecule has 1 amide bonds. The summed E-state index contributed by atoms with van der Waals surface area (Å²) in [5.74, 6) is 0.623. The summed E-state index contributed by atoms with van der Waals surface area (Å²) in [6.07, 6.45) is 2.49. The van der Waals surface area contributed by atoms with Gasteiger partial charge in [-0.05, 0) is 19.1 Å². The quantitative estimate of drug-likeness (QED) is 0.892. The average Bonchev–Trinajstić information content (AvgIpc) is 3.18. The maximum absolute atomic E-state index is 12.6. The molecule has 0 unspecified atom stereocenters. The summed E-state index contributed by atoms with van der Waals surface area (Å²) in [5, 5.41) is 9.96. The second-order valence-electron chi connectivity index (χ2n) is 5.29. The minimum absolute atomic E-state index is 0.102. The van der Waals surface area contributed by atoms with Crippen molar-refractivity contribution >= 4 is 5.91 Å². The van der Waals surface area contributed by atoms with Crippen molar-refractivity contribution in [1.82, 2.24) is 14.9 Å². The fourth-order valence-electron chi connectivity index (χ4n) is 2.71. The van der Waals surface area contributed by atoms with Gasteiger partial charge in [0.2, 0.25) is 0 Å². The molecule has 0 bridgehead atoms. The highest BCUT2D eigenvalue weighted by molar-refractivity contribution is 5.95. The molecule has 0 aliphatic carbocycles. The van der Waals surface area contributed by atoms with Crippen molar-refractivity contribution in [1.29, 1.82) is 0 Å². The Morgan fingerprint density at radius 2 is 2.36 bits per heavy atom. The second-order valence-corrected chi connectivity index (χ2v) is 5.29. The molecule has 2 heterocycles. The number of hydrogen-bond donors (Lipinski definition) is 2. The number of hydrogen-bond acceptors (Lipinski definition) is 4. The number of ether oxygens (including phenoxy) is 1. The van der Waals surface area contributed by atoms with Crippen molar-refractivity contribution in [3.8, 4) is 11.4 Å². The number of carbonyl (C=O) groups excluding carboxylic acids is 1. The van der Waals surface area contributed by atoms with E-state index in [0.29, 0.717) is 25.3 Å². The summed E-state index contributed by atoms with van der Waals surface area (Å²) in [6, 6.07) is 7.31. The number of β-amino-alcohol motifs (C(OH)–C–C–N with tert-alkyl or cyclic N) is 1. The molecule has 22 heavy (non-hydrogen) atoms. The van der Waals surface area contributed by atoms with E-state index >= 15 is 0 Å². The minimum atomic E-state index is -0.628. The molecule has 1 aliphatic rings. The zero-order valence-corrected chi connectivity index (χ0v) is 12.4. The molecule has 0 spiro atoms. The van der Waals surface area contributed by atoms with Crippen LogP contribution >= 0.6 is 0 Å². The predicted octanol–water partition coefficient (Wildman–Crippen LogP) is 1.30. The molecule has 1 fully saturated rings. The third kappa shape index (κ3) is 2.88. The molecule has 1 aromatic heterocycles. The van der Waals surface area contributed by atoms with Gasteiger partial charge in [-0.3, -0.25) is 4.79 Å². The number of amides is 1. The molecule has 2 N–H and O–H groups in total. The molecule has 6 nitrogen and oxygen atoms in total. The molecule has 1 aromatic carbocycles. The number of rotatable bonds is 4. The van der Waals surface area contributed by atoms with Crippen LogP contribution in [0.5, 0.6) is 0 Å². The van der Waals surface area contributed by atoms with E-state index in [9.17, 15) is 9.90 Å². The lowest BCUT2D eigenvalue weighted by Gasteiger charge is -2.16. The largest absolute Gasteiger partial charge is 0.388 e. The highest BCUT2D eigenvalue weighted by Gasteiger charge is 2.34. The molecule has 6 heteroatoms. The van der Waals surface area contributed by atoms with Gasteiger partial charge in [-0.15, -0.1) is 0 Å². The van der Waals surface area contributed by atoms with E-state index in [-0.39, 0.29) is 12.0 Å². The Morgan fingerprint density at radius 1 is 1.50 bits per heavy atom. The molecule has 3 rings (SSSR count). The molecule has 116 valence electrons. The van der Waals surface area contributed by atoms with Gasteiger partial charge in [0.15, 0.2) is 0 Å². The first kappa shape index (κ1) is 14.7. The Balaban J connectivity index is 1.77. The topological polar surface area (TPSA) is 78.5 Å². The van der Waals surface area contributed by atoms with Gasteiger partial charge in [0, 0.05) is 43.2 Å². The fourth-order valence-corrected chi connectivity index (χ4v) is 2.71. The van der Waals surface area contributed by atoms with Crippen LogP contribution in [0.2, 0.25) is 0 Å². The smallest absolute Gasteiger partial charge is 0.254 e. The first-order valence-corrected chi connectivity index (χ1v) is 7.37. The number of carbonyl (C=O) groups is 1. The standard InChI is InChI=1S/C16H19N3O3/c1-2-22-14-10-19(9-13(14)20)16(21)12-5-3-4-11(8-12)15-17-6-7-18-15/h3-8,13-14,20H,2,9-10H2,1H3,(H,17,18)/t13-,14-/m0/s1. The minimum Gasteiger partial charge on any atom is -0.388 e. The van der Waals surface area contributed by atoms with E-state index in [1.807, 2.05) is 25.1 Å². The Kier molecular flexibility index (Phi) is 4.22. The molecule has 2 atom stereocenters. The first-order chi connectivity index (χ1) is 10.7. The van der Waals surface area contributed by atoms with Gasteiger partial charge in [-0.25, -0.2) is 4.98 Å². The van der Waals surface area contributed by atoms with E-state index in [1.54, 1.807) is 23.4 Å². The number of aliphatic hydroxyl groups is 1. The number of benzene rings is 1. The van der Waals surface area contributed by atoms with Gasteiger partial charge < -0.3 is 19.7 Å². The highest BCUT2D eigenvalue weighted by Crippen LogP contribution is 2.20. The first-order valence-electron chi connectivity index (χ1n) is 7.37. The van der Waals surface area contributed by atoms with E-state index < -0.39 is 6.10 Å². The van der Waals surface area contributed by atoms with E-state index in [4.69, 9.17) is 4.74 Å². The predicted molar refractivity (Wildman–Crippen MR) is 81.3 cm³/mol. The van der Waals surface area contributed by atoms with E-state index in [0.717, 1.165) is 11.4 Å². The van der Waals surface area contributed by atoms with Gasteiger partial charge in [0.05, 0.1) is 6.10 Å². The van der Waals surface area contributed by atoms with Crippen LogP contribution in [0.4, 0.5) is 0 Å². The number of imidazole rings is 1. The molecule has 0 saturated carbocycles. The summed E-state index contributed by atoms with van der Waals surface area (Å²) in [6.45, 7) is 3.12. The third-order valence-corrected chi connectivity index (χ3v) is 3.79. The molecule has 1 aliphatic heterocycles. The zero-order chi connectivity index (χ0) is 15.5. The summed E-state index contributed by atoms with van der Waals surface area (Å²) in [4.78, 5) is 21.4. The van der Waals surface area contributed by atoms with Crippen molar-refractivity contribution < 1.29 is 14.6 Å². The van der Waals surface area contributed by atoms with Crippen LogP contribution in [0.15, 0.2) is 36.7 Å². The highest BCUT2D eigenvalue weighted by atomic mass is 16.5. The lowest BCUT2D eigenvalue weighted by molar-refractivity contribution is -0.00237. The monoisotopic (exact) mass is 301 g/mol. The fraction of sp³-hybridized carbons (Fsp3) is 0.375. The van der Waals surface area contributed by atoms with Crippen molar-refractivity contribution in [3.05, 3.63) is 42.2 Å². The third-order valence-electron chi connectivity index (χ3n) is 3.79. The van der Waals surface area contributed by atoms with Gasteiger partial charge in [0.1, 0.15) is 11.9 Å². The Bertz CT molecular complexity index is 642. The Labute approximate surface area is 128 Å². The lowest BCUT2D eigenvalue weighted by Crippen LogP contribution is -2.30. The average molecular weight is 301 g/mol. The molecular formula is C16H19N3O3. The van der Waals surface area contributed by atoms with E-state index in [1.165, 1.54) is 0 Å². The second kappa shape index (κ2) is 6.29. The van der Waals surface area contributed by atoms with Gasteiger partial charge in [-0.2, -0.15) is 0 Å². The SMILES string of the molecule is CCO[C@H]1CN(C(=O)c2cccc(-c3ncc[nH]3)c2)C[C@@H]1O. The maximum Gasteiger partial charge on any atom is 0.254 e. The van der Waals surface area contributed by atoms with Gasteiger partial charge in [-0.1, -0.05) is 12.1 Å². The molecule has 2 aromatic rings. The van der Waals surface area contributed by atoms with Crippen LogP contribution in [-0.2, 0) is 4.74 Å². The lowest BCUT2D eigenvalue weighted by atomic mass is 10.1. The Morgan fingerprint density at radius 3 is 3.09 bits per heavy atom. The molecule has 0 radical (unpaired) electrons. The number of nitrogens with zero attached hydrogens (tertiary/aromatic N) is 2. The van der Waals surface area contributed by atoms with Crippen molar-refractivity contribution in [2.45, 2.75) is 19.1 Å². The number of aromatic nitrogens is 2. The molecule has 1 saturated heterocycles. The van der Waals surface area contributed by atoms with Gasteiger partial charge in [0.25, 0.3) is 5.91 Å². The Hall–Kier alpha value is -2.18. The summed E-state index contributed by atoms with van der Waals surface area (Å²) < 4.78 is 5.46. The van der Waals surface area contributed by atoms with Crippen molar-refractivity contribution in [2.75, 3.05) is 19.7 Å². The maximum atomic E-state index is 12.6. The summed E-state index contributed by atoms with van der Waals surface area (Å²) in [5.41, 5.74) is 1.44. The van der Waals surface area contributed by atoms with Crippen LogP contribution in [0.1, 0.15) is 17.3 Å². The number of likely N-dealkylation sites (tertiary alicyclic amines) is 1. The number of nitrogens with one attached hydrogen (secondary N) is 1. The summed E-state index contributed by atoms with van der Waals surface area (Å²) in [7, 11) is 0. The number of H-pyrrole nitrogens is 1. The van der Waals surface area contributed by atoms with Crippen LogP contribution in [0, 0.1) is 0 Å². The van der Waals surface area contributed by atoms with Crippen LogP contribution in [0.25, 0.3) is 11.4 Å². The number of aromatic amines is 1. The van der Waals surface area contributed by atoms with E-state index in [2.05, 4.69) is 9.97 Å². The van der Waals surface area contributed by atoms with Crippen LogP contribution in [0.3, 0.4) is 0 Å². The summed E-state index contributed by atoms with van der Waals surface area (Å²) >= 11 is 0. The van der Waals surface area contributed by atoms with Crippen molar-refractivity contribution in [3.63, 3.8) is 0 Å². The zero-order valence-electron chi connectivity index (χ0n) is 12.4.